The SMILES string of the molecule is C#Cc1cccc2[nH]c(=O)ccc12. The van der Waals surface area contributed by atoms with Crippen LogP contribution in [0, 0.1) is 12.3 Å². The average Bonchev–Trinajstić information content (AvgIpc) is 2.16. The maximum absolute atomic E-state index is 11.0. The number of aromatic amines is 1. The molecule has 0 aliphatic rings. The molecule has 0 amide bonds. The lowest BCUT2D eigenvalue weighted by atomic mass is 10.1. The Morgan fingerprint density at radius 1 is 1.23 bits per heavy atom. The molecular weight excluding hydrogens is 162 g/mol. The molecule has 1 heterocycles. The molecule has 0 unspecified atom stereocenters. The van der Waals surface area contributed by atoms with Gasteiger partial charge < -0.3 is 4.98 Å². The van der Waals surface area contributed by atoms with E-state index in [9.17, 15) is 4.79 Å². The average molecular weight is 169 g/mol. The first kappa shape index (κ1) is 7.63. The highest BCUT2D eigenvalue weighted by atomic mass is 16.1. The van der Waals surface area contributed by atoms with E-state index in [0.717, 1.165) is 16.5 Å². The van der Waals surface area contributed by atoms with Gasteiger partial charge in [-0.05, 0) is 18.2 Å². The van der Waals surface area contributed by atoms with Crippen molar-refractivity contribution in [1.82, 2.24) is 4.98 Å². The maximum atomic E-state index is 11.0. The van der Waals surface area contributed by atoms with Crippen LogP contribution in [0.5, 0.6) is 0 Å². The minimum absolute atomic E-state index is 0.110. The smallest absolute Gasteiger partial charge is 0.248 e. The minimum Gasteiger partial charge on any atom is -0.322 e. The Bertz CT molecular complexity index is 546. The van der Waals surface area contributed by atoms with E-state index in [-0.39, 0.29) is 5.56 Å². The fraction of sp³-hybridized carbons (Fsp3) is 0. The summed E-state index contributed by atoms with van der Waals surface area (Å²) in [7, 11) is 0. The fourth-order valence-electron chi connectivity index (χ4n) is 1.31. The fourth-order valence-corrected chi connectivity index (χ4v) is 1.31. The van der Waals surface area contributed by atoms with E-state index in [2.05, 4.69) is 10.9 Å². The van der Waals surface area contributed by atoms with Crippen LogP contribution in [-0.4, -0.2) is 4.98 Å². The summed E-state index contributed by atoms with van der Waals surface area (Å²) in [6.07, 6.45) is 5.31. The molecule has 0 bridgehead atoms. The molecule has 1 aromatic heterocycles. The molecule has 0 aliphatic heterocycles. The predicted octanol–water partition coefficient (Wildman–Crippen LogP) is 1.51. The molecule has 0 aliphatic carbocycles. The summed E-state index contributed by atoms with van der Waals surface area (Å²) in [4.78, 5) is 13.7. The highest BCUT2D eigenvalue weighted by Gasteiger charge is 1.97. The number of rotatable bonds is 0. The van der Waals surface area contributed by atoms with Crippen LogP contribution in [0.1, 0.15) is 5.56 Å². The third-order valence-electron chi connectivity index (χ3n) is 1.92. The van der Waals surface area contributed by atoms with E-state index in [4.69, 9.17) is 6.42 Å². The molecule has 2 rings (SSSR count). The third kappa shape index (κ3) is 1.21. The van der Waals surface area contributed by atoms with Gasteiger partial charge >= 0.3 is 0 Å². The molecule has 0 fully saturated rings. The lowest BCUT2D eigenvalue weighted by molar-refractivity contribution is 1.31. The first-order chi connectivity index (χ1) is 6.31. The van der Waals surface area contributed by atoms with Crippen molar-refractivity contribution < 1.29 is 0 Å². The topological polar surface area (TPSA) is 32.9 Å². The van der Waals surface area contributed by atoms with Crippen LogP contribution < -0.4 is 5.56 Å². The van der Waals surface area contributed by atoms with Gasteiger partial charge in [0.15, 0.2) is 0 Å². The molecule has 62 valence electrons. The van der Waals surface area contributed by atoms with Crippen LogP contribution in [0.4, 0.5) is 0 Å². The summed E-state index contributed by atoms with van der Waals surface area (Å²) in [5.41, 5.74) is 1.47. The Hall–Kier alpha value is -2.01. The Labute approximate surface area is 75.2 Å². The van der Waals surface area contributed by atoms with Crippen LogP contribution >= 0.6 is 0 Å². The molecule has 1 N–H and O–H groups in total. The van der Waals surface area contributed by atoms with Crippen LogP contribution in [0.15, 0.2) is 35.1 Å². The first-order valence-corrected chi connectivity index (χ1v) is 3.90. The molecule has 0 atom stereocenters. The van der Waals surface area contributed by atoms with Crippen LogP contribution in [-0.2, 0) is 0 Å². The summed E-state index contributed by atoms with van der Waals surface area (Å²) in [5.74, 6) is 2.57. The lowest BCUT2D eigenvalue weighted by Crippen LogP contribution is -2.02. The molecule has 0 saturated heterocycles. The summed E-state index contributed by atoms with van der Waals surface area (Å²) >= 11 is 0. The van der Waals surface area contributed by atoms with E-state index >= 15 is 0 Å². The van der Waals surface area contributed by atoms with Gasteiger partial charge in [0, 0.05) is 22.5 Å². The highest BCUT2D eigenvalue weighted by Crippen LogP contribution is 2.13. The van der Waals surface area contributed by atoms with Crippen molar-refractivity contribution in [2.24, 2.45) is 0 Å². The number of pyridine rings is 1. The molecule has 1 aromatic carbocycles. The molecule has 2 aromatic rings. The largest absolute Gasteiger partial charge is 0.322 e. The van der Waals surface area contributed by atoms with E-state index in [1.165, 1.54) is 6.07 Å². The normalized spacial score (nSPS) is 9.77. The molecule has 2 nitrogen and oxygen atoms in total. The third-order valence-corrected chi connectivity index (χ3v) is 1.92. The van der Waals surface area contributed by atoms with Gasteiger partial charge in [-0.3, -0.25) is 4.79 Å². The molecular formula is C11H7NO. The maximum Gasteiger partial charge on any atom is 0.248 e. The van der Waals surface area contributed by atoms with Gasteiger partial charge in [0.25, 0.3) is 0 Å². The van der Waals surface area contributed by atoms with Gasteiger partial charge in [-0.2, -0.15) is 0 Å². The number of hydrogen-bond acceptors (Lipinski definition) is 1. The highest BCUT2D eigenvalue weighted by molar-refractivity contribution is 5.84. The van der Waals surface area contributed by atoms with Gasteiger partial charge in [0.1, 0.15) is 0 Å². The van der Waals surface area contributed by atoms with Crippen LogP contribution in [0.2, 0.25) is 0 Å². The van der Waals surface area contributed by atoms with Crippen molar-refractivity contribution in [3.63, 3.8) is 0 Å². The van der Waals surface area contributed by atoms with Gasteiger partial charge in [-0.25, -0.2) is 0 Å². The first-order valence-electron chi connectivity index (χ1n) is 3.90. The number of terminal acetylenes is 1. The zero-order chi connectivity index (χ0) is 9.26. The molecule has 0 spiro atoms. The Kier molecular flexibility index (Phi) is 1.64. The molecule has 13 heavy (non-hydrogen) atoms. The van der Waals surface area contributed by atoms with E-state index < -0.39 is 0 Å². The molecule has 2 heteroatoms. The van der Waals surface area contributed by atoms with Gasteiger partial charge in [0.2, 0.25) is 5.56 Å². The summed E-state index contributed by atoms with van der Waals surface area (Å²) < 4.78 is 0. The number of nitrogens with one attached hydrogen (secondary N) is 1. The monoisotopic (exact) mass is 169 g/mol. The van der Waals surface area contributed by atoms with Crippen molar-refractivity contribution in [2.45, 2.75) is 0 Å². The molecule has 0 radical (unpaired) electrons. The van der Waals surface area contributed by atoms with E-state index in [1.54, 1.807) is 6.07 Å². The summed E-state index contributed by atoms with van der Waals surface area (Å²) in [6.45, 7) is 0. The van der Waals surface area contributed by atoms with Gasteiger partial charge in [-0.1, -0.05) is 12.0 Å². The molecule has 0 saturated carbocycles. The van der Waals surface area contributed by atoms with Crippen molar-refractivity contribution in [3.05, 3.63) is 46.2 Å². The van der Waals surface area contributed by atoms with E-state index in [1.807, 2.05) is 18.2 Å². The van der Waals surface area contributed by atoms with Crippen molar-refractivity contribution >= 4 is 10.9 Å². The van der Waals surface area contributed by atoms with E-state index in [0.29, 0.717) is 0 Å². The number of H-pyrrole nitrogens is 1. The summed E-state index contributed by atoms with van der Waals surface area (Å²) in [6, 6.07) is 8.72. The quantitative estimate of drug-likeness (QED) is 0.596. The Morgan fingerprint density at radius 2 is 2.08 bits per heavy atom. The number of aromatic nitrogens is 1. The Morgan fingerprint density at radius 3 is 2.85 bits per heavy atom. The lowest BCUT2D eigenvalue weighted by Gasteiger charge is -1.98. The predicted molar refractivity (Wildman–Crippen MR) is 52.5 cm³/mol. The van der Waals surface area contributed by atoms with Gasteiger partial charge in [-0.15, -0.1) is 6.42 Å². The number of fused-ring (bicyclic) bond motifs is 1. The van der Waals surface area contributed by atoms with Crippen molar-refractivity contribution in [3.8, 4) is 12.3 Å². The summed E-state index contributed by atoms with van der Waals surface area (Å²) in [5, 5.41) is 0.907. The zero-order valence-electron chi connectivity index (χ0n) is 6.87. The van der Waals surface area contributed by atoms with Crippen LogP contribution in [0.25, 0.3) is 10.9 Å². The second-order valence-electron chi connectivity index (χ2n) is 2.73. The second kappa shape index (κ2) is 2.80. The second-order valence-corrected chi connectivity index (χ2v) is 2.73. The van der Waals surface area contributed by atoms with Gasteiger partial charge in [0.05, 0.1) is 0 Å². The minimum atomic E-state index is -0.110. The van der Waals surface area contributed by atoms with Crippen molar-refractivity contribution in [1.29, 1.82) is 0 Å². The standard InChI is InChI=1S/C11H7NO/c1-2-8-4-3-5-10-9(8)6-7-11(13)12-10/h1,3-7H,(H,12,13). The Balaban J connectivity index is 2.95. The zero-order valence-corrected chi connectivity index (χ0v) is 6.87. The van der Waals surface area contributed by atoms with Crippen molar-refractivity contribution in [2.75, 3.05) is 0 Å². The number of hydrogen-bond donors (Lipinski definition) is 1. The van der Waals surface area contributed by atoms with Crippen LogP contribution in [0.3, 0.4) is 0 Å². The number of benzene rings is 1.